The first-order valence-corrected chi connectivity index (χ1v) is 11.7. The first-order chi connectivity index (χ1) is 16.4. The monoisotopic (exact) mass is 484 g/mol. The highest BCUT2D eigenvalue weighted by atomic mass is 16.6. The van der Waals surface area contributed by atoms with Crippen LogP contribution in [0.2, 0.25) is 0 Å². The molecule has 8 heteroatoms. The van der Waals surface area contributed by atoms with E-state index in [-0.39, 0.29) is 24.7 Å². The van der Waals surface area contributed by atoms with Crippen LogP contribution in [0.5, 0.6) is 5.75 Å². The van der Waals surface area contributed by atoms with Crippen molar-refractivity contribution in [3.8, 4) is 5.75 Å². The van der Waals surface area contributed by atoms with Crippen LogP contribution in [-0.4, -0.2) is 40.8 Å². The van der Waals surface area contributed by atoms with Gasteiger partial charge in [0.15, 0.2) is 0 Å². The van der Waals surface area contributed by atoms with Gasteiger partial charge in [0.05, 0.1) is 0 Å². The van der Waals surface area contributed by atoms with E-state index in [4.69, 9.17) is 9.47 Å². The number of ether oxygens (including phenoxy) is 2. The van der Waals surface area contributed by atoms with Crippen LogP contribution in [0.15, 0.2) is 54.6 Å². The maximum Gasteiger partial charge on any atom is 0.408 e. The van der Waals surface area contributed by atoms with Crippen LogP contribution in [0.1, 0.15) is 52.2 Å². The SMILES string of the molecule is CC(C)C[C@H](NC(=O)[C@H](Cc1ccc(O)cc1)NC(=O)OC(C)(C)C)C(=O)OCc1ccccc1. The van der Waals surface area contributed by atoms with Crippen molar-refractivity contribution in [1.29, 1.82) is 0 Å². The van der Waals surface area contributed by atoms with Gasteiger partial charge in [0.1, 0.15) is 30.0 Å². The minimum absolute atomic E-state index is 0.0908. The molecule has 0 radical (unpaired) electrons. The lowest BCUT2D eigenvalue weighted by Crippen LogP contribution is -2.53. The highest BCUT2D eigenvalue weighted by molar-refractivity contribution is 5.90. The molecule has 0 saturated carbocycles. The Morgan fingerprint density at radius 2 is 1.51 bits per heavy atom. The van der Waals surface area contributed by atoms with Crippen molar-refractivity contribution in [2.24, 2.45) is 5.92 Å². The second-order valence-corrected chi connectivity index (χ2v) is 9.85. The summed E-state index contributed by atoms with van der Waals surface area (Å²) in [5, 5.41) is 14.9. The fraction of sp³-hybridized carbons (Fsp3) is 0.444. The Labute approximate surface area is 207 Å². The third-order valence-corrected chi connectivity index (χ3v) is 4.92. The number of amides is 2. The Bertz CT molecular complexity index is 967. The maximum atomic E-state index is 13.2. The van der Waals surface area contributed by atoms with Crippen molar-refractivity contribution in [3.63, 3.8) is 0 Å². The predicted octanol–water partition coefficient (Wildman–Crippen LogP) is 4.10. The first-order valence-electron chi connectivity index (χ1n) is 11.7. The lowest BCUT2D eigenvalue weighted by atomic mass is 10.0. The molecule has 2 amide bonds. The normalized spacial score (nSPS) is 13.0. The zero-order chi connectivity index (χ0) is 26.0. The minimum Gasteiger partial charge on any atom is -0.508 e. The second-order valence-electron chi connectivity index (χ2n) is 9.85. The van der Waals surface area contributed by atoms with Crippen LogP contribution in [0, 0.1) is 5.92 Å². The number of aromatic hydroxyl groups is 1. The van der Waals surface area contributed by atoms with Gasteiger partial charge in [0.25, 0.3) is 0 Å². The molecule has 3 N–H and O–H groups in total. The Balaban J connectivity index is 2.15. The van der Waals surface area contributed by atoms with Gasteiger partial charge in [0.2, 0.25) is 5.91 Å². The van der Waals surface area contributed by atoms with Gasteiger partial charge in [-0.3, -0.25) is 4.79 Å². The van der Waals surface area contributed by atoms with E-state index >= 15 is 0 Å². The summed E-state index contributed by atoms with van der Waals surface area (Å²) in [4.78, 5) is 38.5. The topological polar surface area (TPSA) is 114 Å². The molecule has 2 aromatic rings. The molecule has 35 heavy (non-hydrogen) atoms. The molecule has 2 aromatic carbocycles. The second kappa shape index (κ2) is 12.8. The summed E-state index contributed by atoms with van der Waals surface area (Å²) in [5.41, 5.74) is 0.809. The minimum atomic E-state index is -1.01. The van der Waals surface area contributed by atoms with E-state index in [2.05, 4.69) is 10.6 Å². The van der Waals surface area contributed by atoms with E-state index in [0.29, 0.717) is 12.0 Å². The average Bonchev–Trinajstić information content (AvgIpc) is 2.77. The molecule has 0 unspecified atom stereocenters. The van der Waals surface area contributed by atoms with Gasteiger partial charge >= 0.3 is 12.1 Å². The summed E-state index contributed by atoms with van der Waals surface area (Å²) in [6.45, 7) is 9.15. The standard InChI is InChI=1S/C27H36N2O6/c1-18(2)15-23(25(32)34-17-20-9-7-6-8-10-20)28-24(31)22(29-26(33)35-27(3,4)5)16-19-11-13-21(30)14-12-19/h6-14,18,22-23,30H,15-17H2,1-5H3,(H,28,31)(H,29,33)/t22-,23-/m0/s1. The van der Waals surface area contributed by atoms with Crippen molar-refractivity contribution in [2.75, 3.05) is 0 Å². The summed E-state index contributed by atoms with van der Waals surface area (Å²) in [7, 11) is 0. The molecule has 0 aliphatic rings. The van der Waals surface area contributed by atoms with Crippen molar-refractivity contribution < 1.29 is 29.0 Å². The van der Waals surface area contributed by atoms with Gasteiger partial charge < -0.3 is 25.2 Å². The number of nitrogens with one attached hydrogen (secondary N) is 2. The van der Waals surface area contributed by atoms with E-state index in [1.165, 1.54) is 12.1 Å². The van der Waals surface area contributed by atoms with E-state index in [0.717, 1.165) is 5.56 Å². The quantitative estimate of drug-likeness (QED) is 0.438. The number of esters is 1. The molecule has 0 aromatic heterocycles. The number of alkyl carbamates (subject to hydrolysis) is 1. The number of phenolic OH excluding ortho intramolecular Hbond substituents is 1. The number of carbonyl (C=O) groups excluding carboxylic acids is 3. The highest BCUT2D eigenvalue weighted by Crippen LogP contribution is 2.14. The zero-order valence-electron chi connectivity index (χ0n) is 21.0. The molecule has 0 saturated heterocycles. The van der Waals surface area contributed by atoms with Gasteiger partial charge in [-0.2, -0.15) is 0 Å². The van der Waals surface area contributed by atoms with Crippen LogP contribution < -0.4 is 10.6 Å². The summed E-state index contributed by atoms with van der Waals surface area (Å²) in [6, 6.07) is 13.7. The lowest BCUT2D eigenvalue weighted by molar-refractivity contribution is -0.149. The molecule has 0 fully saturated rings. The van der Waals surface area contributed by atoms with Crippen molar-refractivity contribution in [2.45, 2.75) is 71.8 Å². The molecule has 0 spiro atoms. The Morgan fingerprint density at radius 3 is 2.09 bits per heavy atom. The zero-order valence-corrected chi connectivity index (χ0v) is 21.0. The summed E-state index contributed by atoms with van der Waals surface area (Å²) >= 11 is 0. The number of benzene rings is 2. The molecule has 0 aliphatic heterocycles. The van der Waals surface area contributed by atoms with Crippen LogP contribution >= 0.6 is 0 Å². The Hall–Kier alpha value is -3.55. The number of hydrogen-bond acceptors (Lipinski definition) is 6. The van der Waals surface area contributed by atoms with Gasteiger partial charge in [-0.25, -0.2) is 9.59 Å². The molecule has 0 bridgehead atoms. The van der Waals surface area contributed by atoms with Gasteiger partial charge in [-0.05, 0) is 56.4 Å². The number of rotatable bonds is 10. The maximum absolute atomic E-state index is 13.2. The summed E-state index contributed by atoms with van der Waals surface area (Å²) in [6.07, 6.45) is -0.236. The largest absolute Gasteiger partial charge is 0.508 e. The smallest absolute Gasteiger partial charge is 0.408 e. The van der Waals surface area contributed by atoms with Crippen LogP contribution in [0.3, 0.4) is 0 Å². The summed E-state index contributed by atoms with van der Waals surface area (Å²) in [5.74, 6) is -0.880. The predicted molar refractivity (Wildman–Crippen MR) is 133 cm³/mol. The van der Waals surface area contributed by atoms with Crippen LogP contribution in [0.25, 0.3) is 0 Å². The lowest BCUT2D eigenvalue weighted by Gasteiger charge is -2.25. The number of phenols is 1. The molecular weight excluding hydrogens is 448 g/mol. The van der Waals surface area contributed by atoms with Crippen molar-refractivity contribution >= 4 is 18.0 Å². The fourth-order valence-electron chi connectivity index (χ4n) is 3.31. The highest BCUT2D eigenvalue weighted by Gasteiger charge is 2.30. The number of carbonyl (C=O) groups is 3. The Kier molecular flexibility index (Phi) is 10.1. The molecular formula is C27H36N2O6. The molecule has 190 valence electrons. The molecule has 8 nitrogen and oxygen atoms in total. The first kappa shape index (κ1) is 27.7. The molecule has 2 atom stereocenters. The van der Waals surface area contributed by atoms with Gasteiger partial charge in [0, 0.05) is 6.42 Å². The molecule has 0 heterocycles. The molecule has 2 rings (SSSR count). The van der Waals surface area contributed by atoms with E-state index in [1.54, 1.807) is 32.9 Å². The van der Waals surface area contributed by atoms with E-state index in [9.17, 15) is 19.5 Å². The van der Waals surface area contributed by atoms with E-state index in [1.807, 2.05) is 44.2 Å². The van der Waals surface area contributed by atoms with Gasteiger partial charge in [-0.15, -0.1) is 0 Å². The Morgan fingerprint density at radius 1 is 0.886 bits per heavy atom. The van der Waals surface area contributed by atoms with Gasteiger partial charge in [-0.1, -0.05) is 56.3 Å². The van der Waals surface area contributed by atoms with Crippen molar-refractivity contribution in [3.05, 3.63) is 65.7 Å². The van der Waals surface area contributed by atoms with Crippen molar-refractivity contribution in [1.82, 2.24) is 10.6 Å². The van der Waals surface area contributed by atoms with Crippen LogP contribution in [0.4, 0.5) is 4.79 Å². The summed E-state index contributed by atoms with van der Waals surface area (Å²) < 4.78 is 10.8. The molecule has 0 aliphatic carbocycles. The van der Waals surface area contributed by atoms with E-state index < -0.39 is 35.7 Å². The third-order valence-electron chi connectivity index (χ3n) is 4.92. The number of hydrogen-bond donors (Lipinski definition) is 3. The fourth-order valence-corrected chi connectivity index (χ4v) is 3.31. The van der Waals surface area contributed by atoms with Crippen LogP contribution in [-0.2, 0) is 32.1 Å². The average molecular weight is 485 g/mol. The third kappa shape index (κ3) is 10.5.